The highest BCUT2D eigenvalue weighted by Gasteiger charge is 2.33. The van der Waals surface area contributed by atoms with Crippen molar-refractivity contribution in [2.75, 3.05) is 7.05 Å². The van der Waals surface area contributed by atoms with E-state index in [1.165, 1.54) is 0 Å². The standard InChI is InChI=1S/C19H22N2O2/c1-19(2,3)20-18(22)21(4)17-13-9-5-7-11-15(13)23-16-12-8-6-10-14(16)17/h5-12,17H,1-4H3,(H,20,22). The molecular formula is C19H22N2O2. The molecule has 2 aromatic rings. The summed E-state index contributed by atoms with van der Waals surface area (Å²) in [5, 5.41) is 3.02. The summed E-state index contributed by atoms with van der Waals surface area (Å²) in [4.78, 5) is 14.4. The molecule has 1 N–H and O–H groups in total. The van der Waals surface area contributed by atoms with Crippen molar-refractivity contribution in [3.63, 3.8) is 0 Å². The van der Waals surface area contributed by atoms with E-state index in [4.69, 9.17) is 4.74 Å². The first-order valence-corrected chi connectivity index (χ1v) is 7.77. The number of urea groups is 1. The van der Waals surface area contributed by atoms with Crippen LogP contribution in [0.3, 0.4) is 0 Å². The Morgan fingerprint density at radius 3 is 1.96 bits per heavy atom. The number of hydrogen-bond acceptors (Lipinski definition) is 2. The second-order valence-corrected chi connectivity index (χ2v) is 6.87. The lowest BCUT2D eigenvalue weighted by molar-refractivity contribution is 0.186. The number of hydrogen-bond donors (Lipinski definition) is 1. The van der Waals surface area contributed by atoms with Crippen molar-refractivity contribution in [3.05, 3.63) is 59.7 Å². The SMILES string of the molecule is CN(C(=O)NC(C)(C)C)C1c2ccccc2Oc2ccccc21. The van der Waals surface area contributed by atoms with Crippen LogP contribution in [0.25, 0.3) is 0 Å². The van der Waals surface area contributed by atoms with Crippen molar-refractivity contribution in [1.29, 1.82) is 0 Å². The smallest absolute Gasteiger partial charge is 0.318 e. The number of para-hydroxylation sites is 2. The van der Waals surface area contributed by atoms with E-state index < -0.39 is 0 Å². The summed E-state index contributed by atoms with van der Waals surface area (Å²) < 4.78 is 5.98. The summed E-state index contributed by atoms with van der Waals surface area (Å²) in [7, 11) is 1.82. The number of fused-ring (bicyclic) bond motifs is 2. The van der Waals surface area contributed by atoms with Gasteiger partial charge in [0.1, 0.15) is 11.5 Å². The summed E-state index contributed by atoms with van der Waals surface area (Å²) in [6.45, 7) is 5.93. The van der Waals surface area contributed by atoms with E-state index in [2.05, 4.69) is 5.32 Å². The molecule has 1 aliphatic rings. The highest BCUT2D eigenvalue weighted by Crippen LogP contribution is 2.44. The maximum absolute atomic E-state index is 12.7. The number of rotatable bonds is 1. The molecule has 120 valence electrons. The van der Waals surface area contributed by atoms with Crippen LogP contribution in [0, 0.1) is 0 Å². The molecule has 0 fully saturated rings. The van der Waals surface area contributed by atoms with E-state index in [1.807, 2.05) is 76.3 Å². The van der Waals surface area contributed by atoms with E-state index in [9.17, 15) is 4.79 Å². The first-order valence-electron chi connectivity index (χ1n) is 7.77. The average molecular weight is 310 g/mol. The van der Waals surface area contributed by atoms with Crippen LogP contribution < -0.4 is 10.1 Å². The Balaban J connectivity index is 2.03. The van der Waals surface area contributed by atoms with E-state index >= 15 is 0 Å². The second-order valence-electron chi connectivity index (χ2n) is 6.87. The van der Waals surface area contributed by atoms with Gasteiger partial charge in [0, 0.05) is 23.7 Å². The van der Waals surface area contributed by atoms with Crippen molar-refractivity contribution in [2.45, 2.75) is 32.4 Å². The zero-order chi connectivity index (χ0) is 16.6. The maximum atomic E-state index is 12.7. The Labute approximate surface area is 137 Å². The molecular weight excluding hydrogens is 288 g/mol. The van der Waals surface area contributed by atoms with Gasteiger partial charge in [-0.2, -0.15) is 0 Å². The monoisotopic (exact) mass is 310 g/mol. The first kappa shape index (κ1) is 15.4. The first-order chi connectivity index (χ1) is 10.9. The molecule has 0 spiro atoms. The molecule has 0 aliphatic carbocycles. The van der Waals surface area contributed by atoms with Gasteiger partial charge in [0.2, 0.25) is 0 Å². The van der Waals surface area contributed by atoms with Gasteiger partial charge in [-0.25, -0.2) is 4.79 Å². The molecule has 4 heteroatoms. The fourth-order valence-electron chi connectivity index (χ4n) is 2.83. The minimum Gasteiger partial charge on any atom is -0.457 e. The topological polar surface area (TPSA) is 41.6 Å². The minimum absolute atomic E-state index is 0.103. The molecule has 1 heterocycles. The molecule has 0 unspecified atom stereocenters. The van der Waals surface area contributed by atoms with Gasteiger partial charge in [0.15, 0.2) is 0 Å². The van der Waals surface area contributed by atoms with Crippen molar-refractivity contribution in [2.24, 2.45) is 0 Å². The average Bonchev–Trinajstić information content (AvgIpc) is 2.50. The van der Waals surface area contributed by atoms with Crippen molar-refractivity contribution in [1.82, 2.24) is 10.2 Å². The lowest BCUT2D eigenvalue weighted by atomic mass is 9.93. The largest absolute Gasteiger partial charge is 0.457 e. The third kappa shape index (κ3) is 3.02. The molecule has 0 saturated heterocycles. The second kappa shape index (κ2) is 5.61. The van der Waals surface area contributed by atoms with Crippen LogP contribution in [-0.2, 0) is 0 Å². The summed E-state index contributed by atoms with van der Waals surface area (Å²) in [6, 6.07) is 15.5. The summed E-state index contributed by atoms with van der Waals surface area (Å²) in [5.74, 6) is 1.60. The van der Waals surface area contributed by atoms with Crippen molar-refractivity contribution >= 4 is 6.03 Å². The molecule has 0 radical (unpaired) electrons. The van der Waals surface area contributed by atoms with Gasteiger partial charge >= 0.3 is 6.03 Å². The molecule has 0 aromatic heterocycles. The maximum Gasteiger partial charge on any atom is 0.318 e. The molecule has 23 heavy (non-hydrogen) atoms. The fourth-order valence-corrected chi connectivity index (χ4v) is 2.83. The van der Waals surface area contributed by atoms with Crippen molar-refractivity contribution < 1.29 is 9.53 Å². The van der Waals surface area contributed by atoms with Crippen LogP contribution in [0.4, 0.5) is 4.79 Å². The van der Waals surface area contributed by atoms with Gasteiger partial charge in [-0.3, -0.25) is 0 Å². The molecule has 1 aliphatic heterocycles. The number of benzene rings is 2. The van der Waals surface area contributed by atoms with E-state index in [-0.39, 0.29) is 17.6 Å². The van der Waals surface area contributed by atoms with Crippen LogP contribution >= 0.6 is 0 Å². The highest BCUT2D eigenvalue weighted by atomic mass is 16.5. The number of amides is 2. The molecule has 4 nitrogen and oxygen atoms in total. The van der Waals surface area contributed by atoms with Gasteiger partial charge in [-0.15, -0.1) is 0 Å². The Hall–Kier alpha value is -2.49. The zero-order valence-corrected chi connectivity index (χ0v) is 14.0. The molecule has 2 aromatic carbocycles. The Morgan fingerprint density at radius 2 is 1.48 bits per heavy atom. The number of carbonyl (C=O) groups excluding carboxylic acids is 1. The Bertz CT molecular complexity index is 689. The van der Waals surface area contributed by atoms with Crippen LogP contribution in [0.2, 0.25) is 0 Å². The quantitative estimate of drug-likeness (QED) is 0.852. The predicted octanol–water partition coefficient (Wildman–Crippen LogP) is 4.32. The minimum atomic E-state index is -0.282. The molecule has 3 rings (SSSR count). The Kier molecular flexibility index (Phi) is 3.76. The normalized spacial score (nSPS) is 13.6. The van der Waals surface area contributed by atoms with Gasteiger partial charge in [-0.05, 0) is 32.9 Å². The van der Waals surface area contributed by atoms with E-state index in [1.54, 1.807) is 4.90 Å². The van der Waals surface area contributed by atoms with Crippen molar-refractivity contribution in [3.8, 4) is 11.5 Å². The number of ether oxygens (including phenoxy) is 1. The number of carbonyl (C=O) groups is 1. The summed E-state index contributed by atoms with van der Waals surface area (Å²) in [6.07, 6.45) is 0. The Morgan fingerprint density at radius 1 is 1.00 bits per heavy atom. The van der Waals surface area contributed by atoms with Crippen LogP contribution in [0.15, 0.2) is 48.5 Å². The number of nitrogens with zero attached hydrogens (tertiary/aromatic N) is 1. The third-order valence-corrected chi connectivity index (χ3v) is 3.84. The molecule has 0 bridgehead atoms. The van der Waals surface area contributed by atoms with Gasteiger partial charge < -0.3 is 15.0 Å². The van der Waals surface area contributed by atoms with Gasteiger partial charge in [0.05, 0.1) is 6.04 Å². The summed E-state index contributed by atoms with van der Waals surface area (Å²) >= 11 is 0. The number of nitrogens with one attached hydrogen (secondary N) is 1. The molecule has 0 atom stereocenters. The lowest BCUT2D eigenvalue weighted by Gasteiger charge is -2.36. The lowest BCUT2D eigenvalue weighted by Crippen LogP contribution is -2.48. The van der Waals surface area contributed by atoms with Crippen LogP contribution in [0.1, 0.15) is 37.9 Å². The highest BCUT2D eigenvalue weighted by molar-refractivity contribution is 5.76. The molecule has 2 amide bonds. The molecule has 0 saturated carbocycles. The third-order valence-electron chi connectivity index (χ3n) is 3.84. The fraction of sp³-hybridized carbons (Fsp3) is 0.316. The van der Waals surface area contributed by atoms with Crippen LogP contribution in [-0.4, -0.2) is 23.5 Å². The van der Waals surface area contributed by atoms with Gasteiger partial charge in [-0.1, -0.05) is 36.4 Å². The van der Waals surface area contributed by atoms with E-state index in [0.717, 1.165) is 22.6 Å². The zero-order valence-electron chi connectivity index (χ0n) is 14.0. The predicted molar refractivity (Wildman–Crippen MR) is 90.8 cm³/mol. The summed E-state index contributed by atoms with van der Waals surface area (Å²) in [5.41, 5.74) is 1.71. The van der Waals surface area contributed by atoms with E-state index in [0.29, 0.717) is 0 Å². The van der Waals surface area contributed by atoms with Crippen LogP contribution in [0.5, 0.6) is 11.5 Å². The van der Waals surface area contributed by atoms with Gasteiger partial charge in [0.25, 0.3) is 0 Å².